The molecule has 0 aromatic heterocycles. The largest absolute Gasteiger partial charge is 0.307 e. The minimum atomic E-state index is -3.81. The van der Waals surface area contributed by atoms with Crippen molar-refractivity contribution in [1.82, 2.24) is 9.62 Å². The molecule has 124 valence electrons. The monoisotopic (exact) mass is 336 g/mol. The molecule has 1 atom stereocenters. The normalized spacial score (nSPS) is 13.3. The third-order valence-electron chi connectivity index (χ3n) is 3.50. The summed E-state index contributed by atoms with van der Waals surface area (Å²) in [6.07, 6.45) is 0. The maximum absolute atomic E-state index is 13.7. The summed E-state index contributed by atoms with van der Waals surface area (Å²) in [5.74, 6) is -0.531. The molecule has 0 fully saturated rings. The Hall–Kier alpha value is -1.76. The number of nitrogens with zero attached hydrogens (tertiary/aromatic N) is 1. The molecular formula is C17H21FN2O2S. The zero-order valence-electron chi connectivity index (χ0n) is 13.5. The van der Waals surface area contributed by atoms with Crippen LogP contribution in [0.1, 0.15) is 17.2 Å². The summed E-state index contributed by atoms with van der Waals surface area (Å²) in [5, 5.41) is 0. The third-order valence-corrected chi connectivity index (χ3v) is 4.97. The molecule has 0 saturated carbocycles. The molecular weight excluding hydrogens is 315 g/mol. The van der Waals surface area contributed by atoms with E-state index in [4.69, 9.17) is 0 Å². The van der Waals surface area contributed by atoms with Crippen molar-refractivity contribution in [3.8, 4) is 0 Å². The van der Waals surface area contributed by atoms with Crippen LogP contribution in [0.25, 0.3) is 0 Å². The summed E-state index contributed by atoms with van der Waals surface area (Å²) >= 11 is 0. The predicted molar refractivity (Wildman–Crippen MR) is 89.2 cm³/mol. The van der Waals surface area contributed by atoms with Gasteiger partial charge in [0.1, 0.15) is 5.82 Å². The second kappa shape index (κ2) is 7.21. The SMILES string of the molecule is Cc1ccc(S(=O)(=O)N[C@@H](CN(C)C)c2ccccc2)cc1F. The fourth-order valence-electron chi connectivity index (χ4n) is 2.26. The van der Waals surface area contributed by atoms with E-state index >= 15 is 0 Å². The fraction of sp³-hybridized carbons (Fsp3) is 0.294. The first kappa shape index (κ1) is 17.6. The van der Waals surface area contributed by atoms with Gasteiger partial charge in [-0.05, 0) is 44.3 Å². The van der Waals surface area contributed by atoms with Gasteiger partial charge in [0.2, 0.25) is 10.0 Å². The van der Waals surface area contributed by atoms with Crippen LogP contribution in [-0.4, -0.2) is 34.0 Å². The highest BCUT2D eigenvalue weighted by molar-refractivity contribution is 7.89. The molecule has 4 nitrogen and oxygen atoms in total. The number of hydrogen-bond acceptors (Lipinski definition) is 3. The molecule has 0 aliphatic heterocycles. The number of aryl methyl sites for hydroxylation is 1. The van der Waals surface area contributed by atoms with Crippen LogP contribution in [0.5, 0.6) is 0 Å². The first-order valence-electron chi connectivity index (χ1n) is 7.28. The molecule has 0 heterocycles. The number of hydrogen-bond donors (Lipinski definition) is 1. The van der Waals surface area contributed by atoms with Crippen LogP contribution < -0.4 is 4.72 Å². The van der Waals surface area contributed by atoms with E-state index < -0.39 is 21.9 Å². The van der Waals surface area contributed by atoms with E-state index in [1.54, 1.807) is 6.92 Å². The van der Waals surface area contributed by atoms with Crippen molar-refractivity contribution in [3.63, 3.8) is 0 Å². The highest BCUT2D eigenvalue weighted by atomic mass is 32.2. The van der Waals surface area contributed by atoms with Crippen molar-refractivity contribution in [2.75, 3.05) is 20.6 Å². The predicted octanol–water partition coefficient (Wildman–Crippen LogP) is 2.72. The third kappa shape index (κ3) is 4.60. The van der Waals surface area contributed by atoms with Gasteiger partial charge in [-0.25, -0.2) is 17.5 Å². The van der Waals surface area contributed by atoms with Gasteiger partial charge in [-0.3, -0.25) is 0 Å². The lowest BCUT2D eigenvalue weighted by molar-refractivity contribution is 0.363. The number of likely N-dealkylation sites (N-methyl/N-ethyl adjacent to an activating group) is 1. The maximum atomic E-state index is 13.7. The molecule has 0 spiro atoms. The number of sulfonamides is 1. The first-order valence-corrected chi connectivity index (χ1v) is 8.76. The van der Waals surface area contributed by atoms with Crippen LogP contribution in [0.4, 0.5) is 4.39 Å². The van der Waals surface area contributed by atoms with Gasteiger partial charge in [0.05, 0.1) is 10.9 Å². The Kier molecular flexibility index (Phi) is 5.51. The molecule has 2 aromatic carbocycles. The van der Waals surface area contributed by atoms with E-state index in [1.165, 1.54) is 12.1 Å². The van der Waals surface area contributed by atoms with Crippen LogP contribution in [0.2, 0.25) is 0 Å². The van der Waals surface area contributed by atoms with Crippen molar-refractivity contribution >= 4 is 10.0 Å². The minimum Gasteiger partial charge on any atom is -0.307 e. The highest BCUT2D eigenvalue weighted by Crippen LogP contribution is 2.19. The molecule has 0 unspecified atom stereocenters. The van der Waals surface area contributed by atoms with Crippen LogP contribution in [0.15, 0.2) is 53.4 Å². The number of rotatable bonds is 6. The van der Waals surface area contributed by atoms with E-state index in [9.17, 15) is 12.8 Å². The van der Waals surface area contributed by atoms with E-state index in [0.29, 0.717) is 12.1 Å². The molecule has 0 aliphatic rings. The lowest BCUT2D eigenvalue weighted by Gasteiger charge is -2.23. The van der Waals surface area contributed by atoms with Gasteiger partial charge in [0.25, 0.3) is 0 Å². The molecule has 0 bridgehead atoms. The summed E-state index contributed by atoms with van der Waals surface area (Å²) < 4.78 is 41.5. The second-order valence-electron chi connectivity index (χ2n) is 5.76. The summed E-state index contributed by atoms with van der Waals surface area (Å²) in [5.41, 5.74) is 1.27. The van der Waals surface area contributed by atoms with Gasteiger partial charge in [-0.1, -0.05) is 36.4 Å². The quantitative estimate of drug-likeness (QED) is 0.882. The summed E-state index contributed by atoms with van der Waals surface area (Å²) in [6, 6.07) is 12.8. The average molecular weight is 336 g/mol. The van der Waals surface area contributed by atoms with Gasteiger partial charge in [-0.2, -0.15) is 0 Å². The Morgan fingerprint density at radius 1 is 1.13 bits per heavy atom. The van der Waals surface area contributed by atoms with E-state index in [1.807, 2.05) is 49.3 Å². The van der Waals surface area contributed by atoms with E-state index in [0.717, 1.165) is 11.6 Å². The Morgan fingerprint density at radius 3 is 2.35 bits per heavy atom. The fourth-order valence-corrected chi connectivity index (χ4v) is 3.48. The van der Waals surface area contributed by atoms with Gasteiger partial charge in [0.15, 0.2) is 0 Å². The van der Waals surface area contributed by atoms with Crippen molar-refractivity contribution in [3.05, 3.63) is 65.5 Å². The van der Waals surface area contributed by atoms with E-state index in [2.05, 4.69) is 4.72 Å². The second-order valence-corrected chi connectivity index (χ2v) is 7.47. The molecule has 0 aliphatic carbocycles. The Bertz CT molecular complexity index is 761. The molecule has 0 saturated heterocycles. The van der Waals surface area contributed by atoms with Crippen molar-refractivity contribution in [2.24, 2.45) is 0 Å². The lowest BCUT2D eigenvalue weighted by atomic mass is 10.1. The zero-order chi connectivity index (χ0) is 17.0. The molecule has 2 aromatic rings. The average Bonchev–Trinajstić information content (AvgIpc) is 2.49. The highest BCUT2D eigenvalue weighted by Gasteiger charge is 2.22. The first-order chi connectivity index (χ1) is 10.8. The van der Waals surface area contributed by atoms with Crippen LogP contribution in [0.3, 0.4) is 0 Å². The lowest BCUT2D eigenvalue weighted by Crippen LogP contribution is -2.35. The van der Waals surface area contributed by atoms with Gasteiger partial charge < -0.3 is 4.90 Å². The van der Waals surface area contributed by atoms with Gasteiger partial charge in [0, 0.05) is 6.54 Å². The van der Waals surface area contributed by atoms with Crippen LogP contribution >= 0.6 is 0 Å². The number of benzene rings is 2. The minimum absolute atomic E-state index is 0.0692. The number of halogens is 1. The molecule has 0 amide bonds. The van der Waals surface area contributed by atoms with Gasteiger partial charge >= 0.3 is 0 Å². The molecule has 1 N–H and O–H groups in total. The smallest absolute Gasteiger partial charge is 0.241 e. The number of nitrogens with one attached hydrogen (secondary N) is 1. The van der Waals surface area contributed by atoms with Crippen molar-refractivity contribution in [2.45, 2.75) is 17.9 Å². The van der Waals surface area contributed by atoms with Crippen molar-refractivity contribution < 1.29 is 12.8 Å². The van der Waals surface area contributed by atoms with Gasteiger partial charge in [-0.15, -0.1) is 0 Å². The van der Waals surface area contributed by atoms with E-state index in [-0.39, 0.29) is 4.90 Å². The zero-order valence-corrected chi connectivity index (χ0v) is 14.3. The molecule has 0 radical (unpaired) electrons. The van der Waals surface area contributed by atoms with Crippen LogP contribution in [-0.2, 0) is 10.0 Å². The molecule has 23 heavy (non-hydrogen) atoms. The topological polar surface area (TPSA) is 49.4 Å². The molecule has 6 heteroatoms. The molecule has 2 rings (SSSR count). The summed E-state index contributed by atoms with van der Waals surface area (Å²) in [6.45, 7) is 2.09. The Balaban J connectivity index is 2.32. The Labute approximate surface area is 137 Å². The summed E-state index contributed by atoms with van der Waals surface area (Å²) in [4.78, 5) is 1.83. The maximum Gasteiger partial charge on any atom is 0.241 e. The summed E-state index contributed by atoms with van der Waals surface area (Å²) in [7, 11) is -0.0676. The Morgan fingerprint density at radius 2 is 1.78 bits per heavy atom. The van der Waals surface area contributed by atoms with Crippen LogP contribution in [0, 0.1) is 12.7 Å². The standard InChI is InChI=1S/C17H21FN2O2S/c1-13-9-10-15(11-16(13)18)23(21,22)19-17(12-20(2)3)14-7-5-4-6-8-14/h4-11,17,19H,12H2,1-3H3/t17-/m0/s1. The van der Waals surface area contributed by atoms with Crippen molar-refractivity contribution in [1.29, 1.82) is 0 Å².